The first-order valence-electron chi connectivity index (χ1n) is 48.5. The number of methoxy groups -OCH3 is 2. The van der Waals surface area contributed by atoms with Crippen LogP contribution < -0.4 is 75.9 Å². The molecule has 774 valence electrons. The average Bonchev–Trinajstić information content (AvgIpc) is 1.60. The molecule has 8 aliphatic heterocycles. The van der Waals surface area contributed by atoms with Crippen molar-refractivity contribution in [2.75, 3.05) is 61.4 Å². The topological polar surface area (TPSA) is 462 Å². The SMILES string of the molecule is C/C=C/C1=CN2C(=O)c3cc(C)c(OCCCOc4cc5c(cc4OC)C(=O)N4C=C(/C=C/C)C[C@H]4[C@H](O)N5C(=O)OCc4ccc(CNC(C)C(=O)N[C@H](C(=O)NC(=O)CNC(=O)CI)C(C)C)cc4)cc3N=C[C@@H]2C1.C/C=C/C1=CN2C(=O)c3cc(C)c(OCCCOc4cc5c(cc4OC)C(=O)N4C=C(/C=C/C)C[C@H]4[C@H](O)N5C(=O)OCc4ccc(CNC(C)C(=O)N[C@H](C(N)=O)C(C)C)cc4)cc3N=C[C@@H]2C1.[HH]. The molecule has 12 amide bonds. The third kappa shape index (κ3) is 26.0. The van der Waals surface area contributed by atoms with Gasteiger partial charge in [-0.1, -0.05) is 147 Å². The van der Waals surface area contributed by atoms with E-state index in [0.717, 1.165) is 54.3 Å². The highest BCUT2D eigenvalue weighted by Crippen LogP contribution is 2.46. The van der Waals surface area contributed by atoms with E-state index in [2.05, 4.69) is 41.9 Å². The van der Waals surface area contributed by atoms with Gasteiger partial charge in [0.05, 0.1) is 133 Å². The van der Waals surface area contributed by atoms with E-state index in [1.54, 1.807) is 137 Å². The number of ether oxygens (including phenoxy) is 8. The fourth-order valence-electron chi connectivity index (χ4n) is 17.7. The lowest BCUT2D eigenvalue weighted by molar-refractivity contribution is -0.135. The number of carbonyl (C=O) groups excluding carboxylic acids is 12. The number of amides is 12. The number of hydrogen-bond donors (Lipinski definition) is 9. The molecule has 8 heterocycles. The molecule has 146 heavy (non-hydrogen) atoms. The van der Waals surface area contributed by atoms with E-state index in [4.69, 9.17) is 43.6 Å². The molecular formula is C108H128IN15O22. The van der Waals surface area contributed by atoms with E-state index in [0.29, 0.717) is 77.4 Å². The molecule has 8 aliphatic rings. The van der Waals surface area contributed by atoms with Crippen molar-refractivity contribution in [1.29, 1.82) is 0 Å². The van der Waals surface area contributed by atoms with Crippen LogP contribution in [-0.4, -0.2) is 226 Å². The van der Waals surface area contributed by atoms with Crippen molar-refractivity contribution in [3.05, 3.63) is 248 Å². The highest BCUT2D eigenvalue weighted by Gasteiger charge is 2.49. The maximum absolute atomic E-state index is 14.3. The van der Waals surface area contributed by atoms with E-state index < -0.39 is 96.3 Å². The van der Waals surface area contributed by atoms with E-state index >= 15 is 0 Å². The summed E-state index contributed by atoms with van der Waals surface area (Å²) in [6.07, 6.45) is 23.9. The third-order valence-electron chi connectivity index (χ3n) is 25.6. The summed E-state index contributed by atoms with van der Waals surface area (Å²) in [5, 5.41) is 40.3. The second-order valence-electron chi connectivity index (χ2n) is 36.9. The minimum absolute atomic E-state index is 0. The van der Waals surface area contributed by atoms with Crippen LogP contribution in [0.5, 0.6) is 34.5 Å². The Hall–Kier alpha value is -14.6. The number of rotatable bonds is 39. The Morgan fingerprint density at radius 3 is 1.20 bits per heavy atom. The molecule has 0 saturated carbocycles. The number of aliphatic hydroxyl groups excluding tert-OH is 2. The van der Waals surface area contributed by atoms with Gasteiger partial charge in [-0.3, -0.25) is 63.2 Å². The van der Waals surface area contributed by atoms with Crippen LogP contribution in [0.4, 0.5) is 32.3 Å². The van der Waals surface area contributed by atoms with Crippen molar-refractivity contribution in [1.82, 2.24) is 51.5 Å². The van der Waals surface area contributed by atoms with Crippen molar-refractivity contribution in [2.24, 2.45) is 27.6 Å². The Morgan fingerprint density at radius 1 is 0.466 bits per heavy atom. The quantitative estimate of drug-likeness (QED) is 0.00983. The summed E-state index contributed by atoms with van der Waals surface area (Å²) in [7, 11) is 2.89. The second kappa shape index (κ2) is 49.8. The number of fused-ring (bicyclic) bond motifs is 8. The van der Waals surface area contributed by atoms with Gasteiger partial charge in [0.2, 0.25) is 35.4 Å². The highest BCUT2D eigenvalue weighted by atomic mass is 127. The molecule has 10 atom stereocenters. The summed E-state index contributed by atoms with van der Waals surface area (Å²) in [6, 6.07) is 22.3. The summed E-state index contributed by atoms with van der Waals surface area (Å²) in [5.41, 5.74) is 16.0. The van der Waals surface area contributed by atoms with Crippen molar-refractivity contribution in [3.8, 4) is 34.5 Å². The number of alkyl halides is 1. The molecule has 6 aromatic carbocycles. The first kappa shape index (κ1) is 109. The summed E-state index contributed by atoms with van der Waals surface area (Å²) in [5.74, 6) is -2.74. The molecule has 37 nitrogen and oxygen atoms in total. The summed E-state index contributed by atoms with van der Waals surface area (Å²) in [4.78, 5) is 176. The van der Waals surface area contributed by atoms with Crippen LogP contribution >= 0.6 is 22.6 Å². The van der Waals surface area contributed by atoms with Gasteiger partial charge in [0, 0.05) is 88.9 Å². The number of nitrogens with one attached hydrogen (secondary N) is 6. The van der Waals surface area contributed by atoms with Gasteiger partial charge in [-0.25, -0.2) is 19.4 Å². The van der Waals surface area contributed by atoms with Crippen molar-refractivity contribution >= 4 is 129 Å². The zero-order chi connectivity index (χ0) is 105. The third-order valence-corrected chi connectivity index (χ3v) is 26.3. The largest absolute Gasteiger partial charge is 0.493 e. The van der Waals surface area contributed by atoms with E-state index in [1.807, 2.05) is 137 Å². The molecule has 0 bridgehead atoms. The van der Waals surface area contributed by atoms with Crippen LogP contribution in [0.2, 0.25) is 0 Å². The molecular weight excluding hydrogens is 1990 g/mol. The number of nitrogens with zero attached hydrogens (tertiary/aromatic N) is 8. The zero-order valence-electron chi connectivity index (χ0n) is 84.2. The van der Waals surface area contributed by atoms with Crippen molar-refractivity contribution in [3.63, 3.8) is 0 Å². The van der Waals surface area contributed by atoms with Gasteiger partial charge in [-0.05, 0) is 173 Å². The number of nitrogens with two attached hydrogens (primary N) is 1. The minimum Gasteiger partial charge on any atom is -0.493 e. The van der Waals surface area contributed by atoms with Crippen molar-refractivity contribution < 1.29 is 107 Å². The lowest BCUT2D eigenvalue weighted by atomic mass is 10.0. The van der Waals surface area contributed by atoms with Gasteiger partial charge in [0.1, 0.15) is 36.8 Å². The van der Waals surface area contributed by atoms with Gasteiger partial charge < -0.3 is 100 Å². The Morgan fingerprint density at radius 2 is 0.829 bits per heavy atom. The molecule has 0 radical (unpaired) electrons. The van der Waals surface area contributed by atoms with Gasteiger partial charge in [0.15, 0.2) is 35.5 Å². The Balaban J connectivity index is 0.000000261. The highest BCUT2D eigenvalue weighted by molar-refractivity contribution is 14.1. The summed E-state index contributed by atoms with van der Waals surface area (Å²) >= 11 is 1.85. The monoisotopic (exact) mass is 2110 g/mol. The zero-order valence-corrected chi connectivity index (χ0v) is 86.3. The average molecular weight is 2120 g/mol. The first-order valence-corrected chi connectivity index (χ1v) is 50.0. The van der Waals surface area contributed by atoms with E-state index in [1.165, 1.54) is 48.3 Å². The van der Waals surface area contributed by atoms with Crippen LogP contribution in [0, 0.1) is 25.7 Å². The van der Waals surface area contributed by atoms with Crippen LogP contribution in [0.15, 0.2) is 203 Å². The molecule has 0 fully saturated rings. The summed E-state index contributed by atoms with van der Waals surface area (Å²) in [6.45, 7) is 22.4. The van der Waals surface area contributed by atoms with Crippen LogP contribution in [-0.2, 0) is 64.5 Å². The number of primary amides is 1. The molecule has 0 saturated heterocycles. The number of benzene rings is 6. The van der Waals surface area contributed by atoms with Crippen LogP contribution in [0.25, 0.3) is 0 Å². The van der Waals surface area contributed by atoms with Gasteiger partial charge >= 0.3 is 12.2 Å². The number of aliphatic imine (C=N–C) groups is 2. The fraction of sp³-hybridized carbons (Fsp3) is 0.389. The van der Waals surface area contributed by atoms with Crippen LogP contribution in [0.3, 0.4) is 0 Å². The number of imide groups is 1. The molecule has 0 aromatic heterocycles. The Kier molecular flexibility index (Phi) is 37.1. The van der Waals surface area contributed by atoms with Gasteiger partial charge in [-0.2, -0.15) is 0 Å². The second-order valence-corrected chi connectivity index (χ2v) is 37.7. The predicted octanol–water partition coefficient (Wildman–Crippen LogP) is 12.9. The lowest BCUT2D eigenvalue weighted by Gasteiger charge is -2.31. The molecule has 0 spiro atoms. The number of allylic oxidation sites excluding steroid dienone is 8. The molecule has 2 unspecified atom stereocenters. The molecule has 6 aromatic rings. The summed E-state index contributed by atoms with van der Waals surface area (Å²) < 4.78 is 48.0. The maximum Gasteiger partial charge on any atom is 0.416 e. The lowest BCUT2D eigenvalue weighted by Crippen LogP contribution is -2.55. The normalized spacial score (nSPS) is 18.8. The Bertz CT molecular complexity index is 6290. The predicted molar refractivity (Wildman–Crippen MR) is 558 cm³/mol. The number of anilines is 2. The number of aliphatic hydroxyl groups is 2. The van der Waals surface area contributed by atoms with Crippen LogP contribution in [0.1, 0.15) is 184 Å². The maximum atomic E-state index is 14.3. The van der Waals surface area contributed by atoms with E-state index in [-0.39, 0.29) is 164 Å². The number of halogens is 1. The standard InChI is InChI=1S/C56H65IN8O12.C52H61N7O10.H2/c1-8-11-37-20-39-27-59-42-23-45(33(5)19-40(42)53(70)63(39)29-37)75-17-10-18-76-47-24-43-41(22-46(47)74-7)54(71)64-30-38(12-9-2)21-44(64)55(72)65(43)56(73)77-31-36-15-13-35(14-16-36)26-58-34(6)51(68)62-50(32(3)4)52(69)61-49(67)28-60-48(66)25-57;1-8-11-35-20-37-26-55-40-23-43(31(5)19-38(40)49(62)57(37)27-35)67-17-10-18-68-45-24-41-39(22-44(45)66-7)50(63)58-28-36(12-9-2)21-42(58)51(64)59(41)52(65)69-29-34-15-13-33(14-16-34)25-54-32(6)48(61)56-46(30(3)4)47(53)60;/h8-9,11-16,19,22-24,27,29-30,32,34,39,44,50,55,58,72H,10,17-18,20-21,25-26,28,31H2,1-7H3,(H,60,66)(H,62,68)(H,61,67,69);8-9,11-16,19,22-24,26-28,30,32,37,42,46,51,54,64H,10,17-18,20-21,25,29H2,1-7H3,(H2,53,60)(H,56,61);1H/b2*11-8+,12-9+;/t34?,39-,44-,50-,55-;32?,37-,42-,46-,51-;/m00./s1. The smallest absolute Gasteiger partial charge is 0.416 e. The number of aryl methyl sites for hydroxylation is 2. The number of carbonyl (C=O) groups is 12. The van der Waals surface area contributed by atoms with Gasteiger partial charge in [-0.15, -0.1) is 0 Å². The van der Waals surface area contributed by atoms with E-state index in [9.17, 15) is 67.7 Å². The fourth-order valence-corrected chi connectivity index (χ4v) is 18.0. The molecule has 0 aliphatic carbocycles. The van der Waals surface area contributed by atoms with Crippen molar-refractivity contribution in [2.45, 2.75) is 209 Å². The molecule has 38 heteroatoms. The first-order chi connectivity index (χ1) is 70.0. The Labute approximate surface area is 863 Å². The number of hydrogen-bond acceptors (Lipinski definition) is 26. The minimum atomic E-state index is -1.53. The molecule has 10 N–H and O–H groups in total. The molecule has 14 rings (SSSR count). The van der Waals surface area contributed by atoms with Gasteiger partial charge in [0.25, 0.3) is 23.6 Å².